The van der Waals surface area contributed by atoms with Gasteiger partial charge in [-0.2, -0.15) is 0 Å². The summed E-state index contributed by atoms with van der Waals surface area (Å²) < 4.78 is 28.0. The summed E-state index contributed by atoms with van der Waals surface area (Å²) in [6.45, 7) is 6.71. The number of hydrogen-bond acceptors (Lipinski definition) is 4. The molecule has 1 atom stereocenters. The summed E-state index contributed by atoms with van der Waals surface area (Å²) in [7, 11) is -3.71. The number of amides is 2. The fourth-order valence-corrected chi connectivity index (χ4v) is 6.96. The van der Waals surface area contributed by atoms with Crippen LogP contribution < -0.4 is 9.62 Å². The van der Waals surface area contributed by atoms with Crippen molar-refractivity contribution in [3.8, 4) is 0 Å². The molecule has 4 rings (SSSR count). The molecule has 1 aliphatic heterocycles. The molecule has 1 heterocycles. The largest absolute Gasteiger partial charge is 0.354 e. The van der Waals surface area contributed by atoms with Crippen LogP contribution in [0.1, 0.15) is 45.6 Å². The molecule has 0 saturated carbocycles. The van der Waals surface area contributed by atoms with Gasteiger partial charge in [0.25, 0.3) is 10.0 Å². The van der Waals surface area contributed by atoms with Crippen LogP contribution in [0.3, 0.4) is 0 Å². The van der Waals surface area contributed by atoms with Crippen molar-refractivity contribution < 1.29 is 18.0 Å². The van der Waals surface area contributed by atoms with Crippen LogP contribution in [0.2, 0.25) is 10.0 Å². The summed E-state index contributed by atoms with van der Waals surface area (Å²) in [4.78, 5) is 28.5. The molecule has 0 saturated heterocycles. The Morgan fingerprint density at radius 2 is 1.74 bits per heavy atom. The topological polar surface area (TPSA) is 86.8 Å². The van der Waals surface area contributed by atoms with Crippen molar-refractivity contribution in [2.45, 2.75) is 57.5 Å². The molecule has 208 valence electrons. The van der Waals surface area contributed by atoms with Gasteiger partial charge in [-0.05, 0) is 54.0 Å². The van der Waals surface area contributed by atoms with Crippen LogP contribution in [0.4, 0.5) is 5.69 Å². The van der Waals surface area contributed by atoms with Gasteiger partial charge in [0, 0.05) is 31.4 Å². The van der Waals surface area contributed by atoms with Gasteiger partial charge in [0.2, 0.25) is 11.8 Å². The highest BCUT2D eigenvalue weighted by Crippen LogP contribution is 2.42. The monoisotopic (exact) mass is 589 g/mol. The highest BCUT2D eigenvalue weighted by atomic mass is 35.5. The van der Waals surface area contributed by atoms with Crippen molar-refractivity contribution in [1.29, 1.82) is 0 Å². The van der Waals surface area contributed by atoms with Crippen molar-refractivity contribution in [3.05, 3.63) is 70.2 Å². The lowest BCUT2D eigenvalue weighted by molar-refractivity contribution is -0.141. The molecule has 0 aromatic heterocycles. The minimum atomic E-state index is -3.71. The maximum atomic E-state index is 13.6. The first-order valence-electron chi connectivity index (χ1n) is 13.1. The molecule has 0 bridgehead atoms. The zero-order valence-electron chi connectivity index (χ0n) is 22.3. The number of nitrogens with one attached hydrogen (secondary N) is 1. The normalized spacial score (nSPS) is 14.6. The molecule has 3 aromatic carbocycles. The molecule has 0 spiro atoms. The van der Waals surface area contributed by atoms with Crippen molar-refractivity contribution in [1.82, 2.24) is 10.2 Å². The molecule has 7 nitrogen and oxygen atoms in total. The first-order valence-corrected chi connectivity index (χ1v) is 15.3. The van der Waals surface area contributed by atoms with Gasteiger partial charge < -0.3 is 10.2 Å². The Morgan fingerprint density at radius 3 is 2.41 bits per heavy atom. The van der Waals surface area contributed by atoms with E-state index in [9.17, 15) is 18.0 Å². The van der Waals surface area contributed by atoms with Crippen molar-refractivity contribution in [2.24, 2.45) is 5.92 Å². The Bertz CT molecular complexity index is 1490. The first kappa shape index (κ1) is 29.2. The fraction of sp³-hybridized carbons (Fsp3) is 0.379. The number of anilines is 1. The van der Waals surface area contributed by atoms with Crippen LogP contribution in [0, 0.1) is 5.92 Å². The molecule has 10 heteroatoms. The quantitative estimate of drug-likeness (QED) is 0.296. The van der Waals surface area contributed by atoms with Crippen molar-refractivity contribution in [2.75, 3.05) is 17.4 Å². The minimum absolute atomic E-state index is 0.0770. The van der Waals surface area contributed by atoms with Crippen LogP contribution >= 0.6 is 23.2 Å². The third kappa shape index (κ3) is 6.18. The molecule has 39 heavy (non-hydrogen) atoms. The van der Waals surface area contributed by atoms with Gasteiger partial charge in [-0.1, -0.05) is 74.3 Å². The van der Waals surface area contributed by atoms with E-state index in [1.807, 2.05) is 39.0 Å². The maximum absolute atomic E-state index is 13.6. The average molecular weight is 591 g/mol. The smallest absolute Gasteiger partial charge is 0.265 e. The highest BCUT2D eigenvalue weighted by Gasteiger charge is 2.35. The Balaban J connectivity index is 1.52. The van der Waals surface area contributed by atoms with Crippen LogP contribution in [-0.2, 0) is 26.2 Å². The van der Waals surface area contributed by atoms with Gasteiger partial charge in [0.1, 0.15) is 6.04 Å². The molecule has 0 radical (unpaired) electrons. The SMILES string of the molecule is CC[C@H](C(=O)NCC(C)C)N(Cc1ccc(Cl)c(Cl)c1)C(=O)CCCN1c2cccc3cccc(c23)S1(=O)=O. The minimum Gasteiger partial charge on any atom is -0.354 e. The van der Waals surface area contributed by atoms with Gasteiger partial charge >= 0.3 is 0 Å². The molecule has 1 N–H and O–H groups in total. The number of nitrogens with zero attached hydrogens (tertiary/aromatic N) is 2. The highest BCUT2D eigenvalue weighted by molar-refractivity contribution is 7.93. The van der Waals surface area contributed by atoms with Gasteiger partial charge in [-0.3, -0.25) is 13.9 Å². The number of benzene rings is 3. The molecular weight excluding hydrogens is 557 g/mol. The number of rotatable bonds is 11. The van der Waals surface area contributed by atoms with Crippen LogP contribution in [0.15, 0.2) is 59.5 Å². The zero-order chi connectivity index (χ0) is 28.3. The lowest BCUT2D eigenvalue weighted by Crippen LogP contribution is -2.49. The summed E-state index contributed by atoms with van der Waals surface area (Å²) in [5, 5.41) is 5.28. The first-order chi connectivity index (χ1) is 18.5. The molecule has 3 aromatic rings. The summed E-state index contributed by atoms with van der Waals surface area (Å²) in [5.74, 6) is -0.189. The second kappa shape index (κ2) is 12.1. The standard InChI is InChI=1S/C29H33Cl2N3O4S/c1-4-24(29(36)32-17-19(2)3)33(18-20-13-14-22(30)23(31)16-20)27(35)12-7-15-34-25-10-5-8-21-9-6-11-26(28(21)25)39(34,37)38/h5-6,8-11,13-14,16,19,24H,4,7,12,15,17-18H2,1-3H3,(H,32,36)/t24-/m1/s1. The average Bonchev–Trinajstić information content (AvgIpc) is 3.12. The van der Waals surface area contributed by atoms with Gasteiger partial charge in [-0.25, -0.2) is 8.42 Å². The summed E-state index contributed by atoms with van der Waals surface area (Å²) in [6, 6.07) is 15.2. The van der Waals surface area contributed by atoms with Gasteiger partial charge in [-0.15, -0.1) is 0 Å². The number of hydrogen-bond donors (Lipinski definition) is 1. The molecule has 1 aliphatic rings. The lowest BCUT2D eigenvalue weighted by Gasteiger charge is -2.31. The Labute approximate surface area is 240 Å². The van der Waals surface area contributed by atoms with E-state index in [4.69, 9.17) is 23.2 Å². The van der Waals surface area contributed by atoms with Crippen molar-refractivity contribution in [3.63, 3.8) is 0 Å². The number of carbonyl (C=O) groups excluding carboxylic acids is 2. The van der Waals surface area contributed by atoms with Crippen molar-refractivity contribution >= 4 is 61.5 Å². The van der Waals surface area contributed by atoms with Crippen LogP contribution in [0.5, 0.6) is 0 Å². The zero-order valence-corrected chi connectivity index (χ0v) is 24.6. The molecule has 2 amide bonds. The fourth-order valence-electron chi connectivity index (χ4n) is 4.89. The Kier molecular flexibility index (Phi) is 9.09. The van der Waals surface area contributed by atoms with Gasteiger partial charge in [0.05, 0.1) is 20.6 Å². The van der Waals surface area contributed by atoms with Crippen LogP contribution in [-0.4, -0.2) is 44.3 Å². The number of halogens is 2. The van der Waals surface area contributed by atoms with Gasteiger partial charge in [0.15, 0.2) is 0 Å². The Morgan fingerprint density at radius 1 is 1.03 bits per heavy atom. The second-order valence-corrected chi connectivity index (χ2v) is 12.8. The lowest BCUT2D eigenvalue weighted by atomic mass is 10.1. The third-order valence-electron chi connectivity index (χ3n) is 6.84. The molecule has 0 aliphatic carbocycles. The number of carbonyl (C=O) groups is 2. The molecular formula is C29H33Cl2N3O4S. The summed E-state index contributed by atoms with van der Waals surface area (Å²) in [6.07, 6.45) is 0.798. The molecule has 0 fully saturated rings. The van der Waals surface area contributed by atoms with E-state index >= 15 is 0 Å². The van der Waals surface area contributed by atoms with E-state index in [-0.39, 0.29) is 42.1 Å². The van der Waals surface area contributed by atoms with E-state index in [0.29, 0.717) is 40.5 Å². The number of sulfonamides is 1. The predicted molar refractivity (Wildman–Crippen MR) is 157 cm³/mol. The van der Waals surface area contributed by atoms with E-state index in [0.717, 1.165) is 10.9 Å². The third-order valence-corrected chi connectivity index (χ3v) is 9.44. The van der Waals surface area contributed by atoms with E-state index in [2.05, 4.69) is 5.32 Å². The predicted octanol–water partition coefficient (Wildman–Crippen LogP) is 6.02. The summed E-state index contributed by atoms with van der Waals surface area (Å²) in [5.41, 5.74) is 1.37. The van der Waals surface area contributed by atoms with E-state index in [1.165, 1.54) is 4.31 Å². The van der Waals surface area contributed by atoms with E-state index < -0.39 is 16.1 Å². The molecule has 0 unspecified atom stereocenters. The van der Waals surface area contributed by atoms with Crippen LogP contribution in [0.25, 0.3) is 10.8 Å². The summed E-state index contributed by atoms with van der Waals surface area (Å²) >= 11 is 12.3. The maximum Gasteiger partial charge on any atom is 0.265 e. The Hall–Kier alpha value is -2.81. The van der Waals surface area contributed by atoms with E-state index in [1.54, 1.807) is 41.3 Å². The second-order valence-electron chi connectivity index (χ2n) is 10.1.